The molecule has 0 saturated heterocycles. The Kier molecular flexibility index (Phi) is 3.55. The summed E-state index contributed by atoms with van der Waals surface area (Å²) in [6, 6.07) is 12.9. The van der Waals surface area contributed by atoms with E-state index in [2.05, 4.69) is 0 Å². The first-order valence-electron chi connectivity index (χ1n) is 5.32. The SMILES string of the molecule is Cc1ccccc1OCc1ccc(O)c(Cl)c1. The predicted molar refractivity (Wildman–Crippen MR) is 68.6 cm³/mol. The Bertz CT molecular complexity index is 523. The molecule has 3 heteroatoms. The van der Waals surface area contributed by atoms with Gasteiger partial charge in [-0.15, -0.1) is 0 Å². The monoisotopic (exact) mass is 248 g/mol. The van der Waals surface area contributed by atoms with Crippen molar-refractivity contribution in [3.8, 4) is 11.5 Å². The maximum atomic E-state index is 9.30. The molecular weight excluding hydrogens is 236 g/mol. The highest BCUT2D eigenvalue weighted by Crippen LogP contribution is 2.25. The zero-order valence-corrected chi connectivity index (χ0v) is 10.2. The van der Waals surface area contributed by atoms with Crippen LogP contribution in [0, 0.1) is 6.92 Å². The van der Waals surface area contributed by atoms with Crippen molar-refractivity contribution < 1.29 is 9.84 Å². The van der Waals surface area contributed by atoms with Gasteiger partial charge in [-0.3, -0.25) is 0 Å². The third kappa shape index (κ3) is 2.92. The van der Waals surface area contributed by atoms with Gasteiger partial charge in [0.25, 0.3) is 0 Å². The summed E-state index contributed by atoms with van der Waals surface area (Å²) >= 11 is 5.82. The van der Waals surface area contributed by atoms with E-state index in [1.807, 2.05) is 31.2 Å². The normalized spacial score (nSPS) is 10.2. The molecule has 0 aliphatic heterocycles. The molecule has 0 aliphatic carbocycles. The van der Waals surface area contributed by atoms with Crippen LogP contribution in [-0.4, -0.2) is 5.11 Å². The summed E-state index contributed by atoms with van der Waals surface area (Å²) in [6.07, 6.45) is 0. The molecule has 0 saturated carbocycles. The van der Waals surface area contributed by atoms with Crippen LogP contribution in [-0.2, 0) is 6.61 Å². The van der Waals surface area contributed by atoms with Crippen LogP contribution >= 0.6 is 11.6 Å². The number of aryl methyl sites for hydroxylation is 1. The number of aromatic hydroxyl groups is 1. The van der Waals surface area contributed by atoms with Crippen molar-refractivity contribution in [2.45, 2.75) is 13.5 Å². The van der Waals surface area contributed by atoms with Crippen molar-refractivity contribution >= 4 is 11.6 Å². The molecule has 2 aromatic rings. The molecule has 0 aliphatic rings. The molecule has 1 N–H and O–H groups in total. The van der Waals surface area contributed by atoms with Crippen LogP contribution in [0.3, 0.4) is 0 Å². The van der Waals surface area contributed by atoms with Crippen LogP contribution in [0.1, 0.15) is 11.1 Å². The van der Waals surface area contributed by atoms with E-state index in [9.17, 15) is 5.11 Å². The fourth-order valence-corrected chi connectivity index (χ4v) is 1.72. The standard InChI is InChI=1S/C14H13ClO2/c1-10-4-2-3-5-14(10)17-9-11-6-7-13(16)12(15)8-11/h2-8,16H,9H2,1H3. The van der Waals surface area contributed by atoms with Crippen LogP contribution in [0.4, 0.5) is 0 Å². The van der Waals surface area contributed by atoms with Gasteiger partial charge < -0.3 is 9.84 Å². The Labute approximate surface area is 105 Å². The number of phenols is 1. The molecule has 0 radical (unpaired) electrons. The molecule has 0 unspecified atom stereocenters. The summed E-state index contributed by atoms with van der Waals surface area (Å²) in [6.45, 7) is 2.43. The number of phenolic OH excluding ortho intramolecular Hbond substituents is 1. The molecule has 0 aromatic heterocycles. The molecule has 0 heterocycles. The Hall–Kier alpha value is -1.67. The van der Waals surface area contributed by atoms with Crippen molar-refractivity contribution in [2.24, 2.45) is 0 Å². The fourth-order valence-electron chi connectivity index (χ4n) is 1.52. The molecule has 0 bridgehead atoms. The highest BCUT2D eigenvalue weighted by Gasteiger charge is 2.02. The van der Waals surface area contributed by atoms with Gasteiger partial charge in [-0.05, 0) is 36.2 Å². The van der Waals surface area contributed by atoms with Gasteiger partial charge in [0.1, 0.15) is 18.1 Å². The zero-order valence-electron chi connectivity index (χ0n) is 9.48. The average Bonchev–Trinajstić information content (AvgIpc) is 2.32. The first kappa shape index (κ1) is 11.8. The second-order valence-electron chi connectivity index (χ2n) is 3.84. The molecule has 0 atom stereocenters. The van der Waals surface area contributed by atoms with Crippen molar-refractivity contribution in [3.05, 3.63) is 58.6 Å². The molecule has 0 fully saturated rings. The second kappa shape index (κ2) is 5.11. The molecule has 2 nitrogen and oxygen atoms in total. The van der Waals surface area contributed by atoms with Gasteiger partial charge in [0.05, 0.1) is 5.02 Å². The number of ether oxygens (including phenoxy) is 1. The van der Waals surface area contributed by atoms with Crippen molar-refractivity contribution in [1.29, 1.82) is 0 Å². The first-order chi connectivity index (χ1) is 8.16. The molecule has 2 rings (SSSR count). The van der Waals surface area contributed by atoms with Crippen LogP contribution in [0.25, 0.3) is 0 Å². The third-order valence-electron chi connectivity index (χ3n) is 2.50. The maximum absolute atomic E-state index is 9.30. The van der Waals surface area contributed by atoms with E-state index < -0.39 is 0 Å². The van der Waals surface area contributed by atoms with E-state index >= 15 is 0 Å². The van der Waals surface area contributed by atoms with Gasteiger partial charge in [0.15, 0.2) is 0 Å². The molecule has 0 amide bonds. The highest BCUT2D eigenvalue weighted by molar-refractivity contribution is 6.32. The summed E-state index contributed by atoms with van der Waals surface area (Å²) in [4.78, 5) is 0. The Morgan fingerprint density at radius 3 is 2.65 bits per heavy atom. The molecular formula is C14H13ClO2. The Morgan fingerprint density at radius 1 is 1.18 bits per heavy atom. The lowest BCUT2D eigenvalue weighted by atomic mass is 10.2. The maximum Gasteiger partial charge on any atom is 0.134 e. The highest BCUT2D eigenvalue weighted by atomic mass is 35.5. The summed E-state index contributed by atoms with van der Waals surface area (Å²) in [5, 5.41) is 9.64. The van der Waals surface area contributed by atoms with Crippen LogP contribution < -0.4 is 4.74 Å². The van der Waals surface area contributed by atoms with Gasteiger partial charge in [-0.2, -0.15) is 0 Å². The zero-order chi connectivity index (χ0) is 12.3. The van der Waals surface area contributed by atoms with Crippen molar-refractivity contribution in [1.82, 2.24) is 0 Å². The van der Waals surface area contributed by atoms with E-state index in [0.717, 1.165) is 16.9 Å². The number of hydrogen-bond acceptors (Lipinski definition) is 2. The number of benzene rings is 2. The lowest BCUT2D eigenvalue weighted by Gasteiger charge is -2.09. The number of halogens is 1. The molecule has 88 valence electrons. The van der Waals surface area contributed by atoms with Crippen molar-refractivity contribution in [3.63, 3.8) is 0 Å². The largest absolute Gasteiger partial charge is 0.506 e. The van der Waals surface area contributed by atoms with E-state index in [-0.39, 0.29) is 5.75 Å². The number of rotatable bonds is 3. The van der Waals surface area contributed by atoms with E-state index in [0.29, 0.717) is 11.6 Å². The minimum atomic E-state index is 0.0892. The third-order valence-corrected chi connectivity index (χ3v) is 2.80. The minimum absolute atomic E-state index is 0.0892. The van der Waals surface area contributed by atoms with Gasteiger partial charge >= 0.3 is 0 Å². The quantitative estimate of drug-likeness (QED) is 0.892. The van der Waals surface area contributed by atoms with Gasteiger partial charge in [-0.25, -0.2) is 0 Å². The lowest BCUT2D eigenvalue weighted by Crippen LogP contribution is -1.96. The lowest BCUT2D eigenvalue weighted by molar-refractivity contribution is 0.304. The van der Waals surface area contributed by atoms with Crippen LogP contribution in [0.2, 0.25) is 5.02 Å². The summed E-state index contributed by atoms with van der Waals surface area (Å²) < 4.78 is 5.68. The summed E-state index contributed by atoms with van der Waals surface area (Å²) in [5.41, 5.74) is 2.02. The van der Waals surface area contributed by atoms with E-state index in [4.69, 9.17) is 16.3 Å². The minimum Gasteiger partial charge on any atom is -0.506 e. The molecule has 2 aromatic carbocycles. The van der Waals surface area contributed by atoms with E-state index in [1.165, 1.54) is 0 Å². The summed E-state index contributed by atoms with van der Waals surface area (Å²) in [7, 11) is 0. The molecule has 17 heavy (non-hydrogen) atoms. The Balaban J connectivity index is 2.08. The smallest absolute Gasteiger partial charge is 0.134 e. The second-order valence-corrected chi connectivity index (χ2v) is 4.25. The number of para-hydroxylation sites is 1. The first-order valence-corrected chi connectivity index (χ1v) is 5.70. The predicted octanol–water partition coefficient (Wildman–Crippen LogP) is 3.93. The fraction of sp³-hybridized carbons (Fsp3) is 0.143. The van der Waals surface area contributed by atoms with Crippen molar-refractivity contribution in [2.75, 3.05) is 0 Å². The van der Waals surface area contributed by atoms with Gasteiger partial charge in [0.2, 0.25) is 0 Å². The van der Waals surface area contributed by atoms with Gasteiger partial charge in [0, 0.05) is 0 Å². The summed E-state index contributed by atoms with van der Waals surface area (Å²) in [5.74, 6) is 0.947. The average molecular weight is 249 g/mol. The van der Waals surface area contributed by atoms with Crippen LogP contribution in [0.5, 0.6) is 11.5 Å². The Morgan fingerprint density at radius 2 is 1.94 bits per heavy atom. The van der Waals surface area contributed by atoms with E-state index in [1.54, 1.807) is 18.2 Å². The number of hydrogen-bond donors (Lipinski definition) is 1. The van der Waals surface area contributed by atoms with Crippen LogP contribution in [0.15, 0.2) is 42.5 Å². The topological polar surface area (TPSA) is 29.5 Å². The molecule has 0 spiro atoms. The van der Waals surface area contributed by atoms with Gasteiger partial charge in [-0.1, -0.05) is 35.9 Å².